The topological polar surface area (TPSA) is 76.0 Å². The lowest BCUT2D eigenvalue weighted by atomic mass is 10.2. The Balaban J connectivity index is 2.83. The van der Waals surface area contributed by atoms with Crippen molar-refractivity contribution in [3.8, 4) is 0 Å². The molecule has 0 saturated carbocycles. The molecule has 1 heterocycles. The zero-order chi connectivity index (χ0) is 11.0. The van der Waals surface area contributed by atoms with Crippen LogP contribution in [0.4, 0.5) is 5.69 Å². The van der Waals surface area contributed by atoms with Gasteiger partial charge in [0.25, 0.3) is 5.69 Å². The lowest BCUT2D eigenvalue weighted by Gasteiger charge is -1.99. The van der Waals surface area contributed by atoms with E-state index >= 15 is 0 Å². The summed E-state index contributed by atoms with van der Waals surface area (Å²) in [5.74, 6) is 0. The van der Waals surface area contributed by atoms with Crippen LogP contribution in [0.3, 0.4) is 0 Å². The van der Waals surface area contributed by atoms with Gasteiger partial charge in [0.15, 0.2) is 5.43 Å². The van der Waals surface area contributed by atoms with E-state index in [0.717, 1.165) is 5.69 Å². The number of benzene rings is 1. The van der Waals surface area contributed by atoms with Crippen molar-refractivity contribution in [1.82, 2.24) is 4.98 Å². The average molecular weight is 204 g/mol. The zero-order valence-corrected chi connectivity index (χ0v) is 7.98. The molecule has 0 aliphatic carbocycles. The molecule has 0 aliphatic heterocycles. The fourth-order valence-corrected chi connectivity index (χ4v) is 1.48. The van der Waals surface area contributed by atoms with Crippen LogP contribution in [0.25, 0.3) is 10.9 Å². The molecule has 1 aromatic heterocycles. The number of aromatic nitrogens is 1. The van der Waals surface area contributed by atoms with E-state index in [1.807, 2.05) is 0 Å². The Morgan fingerprint density at radius 2 is 2.07 bits per heavy atom. The minimum absolute atomic E-state index is 0.0724. The molecule has 15 heavy (non-hydrogen) atoms. The summed E-state index contributed by atoms with van der Waals surface area (Å²) >= 11 is 0. The number of rotatable bonds is 1. The molecule has 1 aromatic carbocycles. The molecule has 2 rings (SSSR count). The van der Waals surface area contributed by atoms with E-state index in [9.17, 15) is 14.9 Å². The normalized spacial score (nSPS) is 10.5. The summed E-state index contributed by atoms with van der Waals surface area (Å²) in [6.07, 6.45) is 0. The quantitative estimate of drug-likeness (QED) is 0.567. The van der Waals surface area contributed by atoms with E-state index in [-0.39, 0.29) is 11.1 Å². The minimum atomic E-state index is -0.515. The van der Waals surface area contributed by atoms with Crippen LogP contribution in [-0.4, -0.2) is 9.91 Å². The van der Waals surface area contributed by atoms with Gasteiger partial charge in [0.1, 0.15) is 0 Å². The van der Waals surface area contributed by atoms with Gasteiger partial charge in [-0.1, -0.05) is 0 Å². The Bertz CT molecular complexity index is 601. The van der Waals surface area contributed by atoms with Gasteiger partial charge in [-0.05, 0) is 13.0 Å². The summed E-state index contributed by atoms with van der Waals surface area (Å²) in [5.41, 5.74) is 1.08. The summed E-state index contributed by atoms with van der Waals surface area (Å²) in [6.45, 7) is 1.77. The highest BCUT2D eigenvalue weighted by Gasteiger charge is 2.08. The standard InChI is InChI=1S/C10H8N2O3/c1-6-4-10(13)8-5-7(12(14)15)2-3-9(8)11-6/h2-5H,1H3,(H,11,13). The van der Waals surface area contributed by atoms with Crippen molar-refractivity contribution < 1.29 is 4.92 Å². The van der Waals surface area contributed by atoms with E-state index in [1.165, 1.54) is 18.2 Å². The first-order chi connectivity index (χ1) is 7.08. The third-order valence-electron chi connectivity index (χ3n) is 2.16. The van der Waals surface area contributed by atoms with Gasteiger partial charge in [-0.2, -0.15) is 0 Å². The second kappa shape index (κ2) is 3.20. The highest BCUT2D eigenvalue weighted by molar-refractivity contribution is 5.80. The SMILES string of the molecule is Cc1cc(=O)c2cc([N+](=O)[O-])ccc2[nH]1. The maximum atomic E-state index is 11.5. The Morgan fingerprint density at radius 1 is 1.33 bits per heavy atom. The summed E-state index contributed by atoms with van der Waals surface area (Å²) in [7, 11) is 0. The summed E-state index contributed by atoms with van der Waals surface area (Å²) in [5, 5.41) is 10.9. The Hall–Kier alpha value is -2.17. The molecule has 0 aliphatic rings. The second-order valence-electron chi connectivity index (χ2n) is 3.30. The van der Waals surface area contributed by atoms with Crippen LogP contribution in [0.15, 0.2) is 29.1 Å². The van der Waals surface area contributed by atoms with Crippen molar-refractivity contribution >= 4 is 16.6 Å². The highest BCUT2D eigenvalue weighted by Crippen LogP contribution is 2.16. The molecular formula is C10H8N2O3. The van der Waals surface area contributed by atoms with E-state index in [1.54, 1.807) is 13.0 Å². The van der Waals surface area contributed by atoms with Crippen molar-refractivity contribution in [3.05, 3.63) is 50.3 Å². The number of aromatic amines is 1. The van der Waals surface area contributed by atoms with Crippen LogP contribution in [-0.2, 0) is 0 Å². The number of nitro groups is 1. The zero-order valence-electron chi connectivity index (χ0n) is 7.98. The number of nitrogens with zero attached hydrogens (tertiary/aromatic N) is 1. The first kappa shape index (κ1) is 9.39. The van der Waals surface area contributed by atoms with Crippen molar-refractivity contribution in [1.29, 1.82) is 0 Å². The van der Waals surface area contributed by atoms with Gasteiger partial charge < -0.3 is 4.98 Å². The van der Waals surface area contributed by atoms with E-state index in [0.29, 0.717) is 10.9 Å². The summed E-state index contributed by atoms with van der Waals surface area (Å²) < 4.78 is 0. The number of pyridine rings is 1. The highest BCUT2D eigenvalue weighted by atomic mass is 16.6. The number of nitrogens with one attached hydrogen (secondary N) is 1. The first-order valence-corrected chi connectivity index (χ1v) is 4.36. The Morgan fingerprint density at radius 3 is 2.73 bits per heavy atom. The monoisotopic (exact) mass is 204 g/mol. The number of hydrogen-bond donors (Lipinski definition) is 1. The molecule has 5 nitrogen and oxygen atoms in total. The number of hydrogen-bond acceptors (Lipinski definition) is 3. The molecule has 0 spiro atoms. The lowest BCUT2D eigenvalue weighted by molar-refractivity contribution is -0.384. The number of non-ortho nitro benzene ring substituents is 1. The predicted octanol–water partition coefficient (Wildman–Crippen LogP) is 1.74. The smallest absolute Gasteiger partial charge is 0.270 e. The van der Waals surface area contributed by atoms with Crippen LogP contribution in [0.1, 0.15) is 5.69 Å². The molecule has 0 radical (unpaired) electrons. The fraction of sp³-hybridized carbons (Fsp3) is 0.100. The van der Waals surface area contributed by atoms with Crippen LogP contribution in [0, 0.1) is 17.0 Å². The largest absolute Gasteiger partial charge is 0.358 e. The van der Waals surface area contributed by atoms with Crippen molar-refractivity contribution in [2.75, 3.05) is 0 Å². The minimum Gasteiger partial charge on any atom is -0.358 e. The number of fused-ring (bicyclic) bond motifs is 1. The summed E-state index contributed by atoms with van der Waals surface area (Å²) in [4.78, 5) is 24.5. The van der Waals surface area contributed by atoms with Gasteiger partial charge in [-0.15, -0.1) is 0 Å². The maximum Gasteiger partial charge on any atom is 0.270 e. The van der Waals surface area contributed by atoms with Gasteiger partial charge in [0.05, 0.1) is 10.3 Å². The molecule has 0 fully saturated rings. The Labute approximate surface area is 84.5 Å². The number of H-pyrrole nitrogens is 1. The molecular weight excluding hydrogens is 196 g/mol. The maximum absolute atomic E-state index is 11.5. The van der Waals surface area contributed by atoms with Gasteiger partial charge in [0.2, 0.25) is 0 Å². The van der Waals surface area contributed by atoms with E-state index < -0.39 is 4.92 Å². The van der Waals surface area contributed by atoms with Gasteiger partial charge >= 0.3 is 0 Å². The van der Waals surface area contributed by atoms with Crippen molar-refractivity contribution in [3.63, 3.8) is 0 Å². The molecule has 0 unspecified atom stereocenters. The number of aryl methyl sites for hydroxylation is 1. The molecule has 76 valence electrons. The van der Waals surface area contributed by atoms with Crippen molar-refractivity contribution in [2.24, 2.45) is 0 Å². The van der Waals surface area contributed by atoms with E-state index in [4.69, 9.17) is 0 Å². The molecule has 0 atom stereocenters. The third kappa shape index (κ3) is 1.59. The molecule has 0 bridgehead atoms. The van der Waals surface area contributed by atoms with Gasteiger partial charge in [0, 0.05) is 29.4 Å². The van der Waals surface area contributed by atoms with Crippen molar-refractivity contribution in [2.45, 2.75) is 6.92 Å². The van der Waals surface area contributed by atoms with Crippen LogP contribution in [0.5, 0.6) is 0 Å². The fourth-order valence-electron chi connectivity index (χ4n) is 1.48. The van der Waals surface area contributed by atoms with Gasteiger partial charge in [-0.25, -0.2) is 0 Å². The third-order valence-corrected chi connectivity index (χ3v) is 2.16. The Kier molecular flexibility index (Phi) is 2.00. The average Bonchev–Trinajstić information content (AvgIpc) is 2.16. The predicted molar refractivity (Wildman–Crippen MR) is 56.0 cm³/mol. The molecule has 2 aromatic rings. The molecule has 1 N–H and O–H groups in total. The molecule has 0 saturated heterocycles. The first-order valence-electron chi connectivity index (χ1n) is 4.36. The lowest BCUT2D eigenvalue weighted by Crippen LogP contribution is -2.03. The second-order valence-corrected chi connectivity index (χ2v) is 3.30. The molecule has 5 heteroatoms. The van der Waals surface area contributed by atoms with Crippen LogP contribution in [0.2, 0.25) is 0 Å². The summed E-state index contributed by atoms with van der Waals surface area (Å²) in [6, 6.07) is 5.62. The molecule has 0 amide bonds. The van der Waals surface area contributed by atoms with E-state index in [2.05, 4.69) is 4.98 Å². The van der Waals surface area contributed by atoms with Gasteiger partial charge in [-0.3, -0.25) is 14.9 Å². The number of nitro benzene ring substituents is 1. The van der Waals surface area contributed by atoms with Crippen LogP contribution >= 0.6 is 0 Å². The van der Waals surface area contributed by atoms with Crippen LogP contribution < -0.4 is 5.43 Å².